The number of carbonyl (C=O) groups excluding carboxylic acids is 2. The van der Waals surface area contributed by atoms with Gasteiger partial charge in [-0.25, -0.2) is 9.59 Å². The lowest BCUT2D eigenvalue weighted by molar-refractivity contribution is -0.151. The minimum atomic E-state index is -0.887. The summed E-state index contributed by atoms with van der Waals surface area (Å²) in [6.07, 6.45) is 0.286. The minimum absolute atomic E-state index is 0.101. The van der Waals surface area contributed by atoms with Crippen LogP contribution in [0.2, 0.25) is 0 Å². The van der Waals surface area contributed by atoms with Crippen LogP contribution in [0.5, 0.6) is 5.75 Å². The van der Waals surface area contributed by atoms with Crippen LogP contribution in [0.25, 0.3) is 0 Å². The fraction of sp³-hybridized carbons (Fsp3) is 0.619. The normalized spacial score (nSPS) is 12.2. The molecule has 0 bridgehead atoms. The molecule has 0 aromatic heterocycles. The lowest BCUT2D eigenvalue weighted by Gasteiger charge is -2.31. The second-order valence-electron chi connectivity index (χ2n) is 7.45. The van der Waals surface area contributed by atoms with Crippen molar-refractivity contribution in [3.63, 3.8) is 0 Å². The number of amides is 1. The summed E-state index contributed by atoms with van der Waals surface area (Å²) in [5, 5.41) is 0. The number of methoxy groups -OCH3 is 2. The van der Waals surface area contributed by atoms with Gasteiger partial charge in [-0.15, -0.1) is 0 Å². The Morgan fingerprint density at radius 1 is 1.07 bits per heavy atom. The molecular weight excluding hydrogens is 378 g/mol. The minimum Gasteiger partial charge on any atom is -0.468 e. The highest BCUT2D eigenvalue weighted by Gasteiger charge is 2.34. The number of carbonyl (C=O) groups is 2. The average molecular weight is 411 g/mol. The van der Waals surface area contributed by atoms with E-state index in [9.17, 15) is 9.59 Å². The van der Waals surface area contributed by atoms with Gasteiger partial charge in [0.15, 0.2) is 6.79 Å². The Labute approximate surface area is 173 Å². The zero-order chi connectivity index (χ0) is 21.9. The zero-order valence-corrected chi connectivity index (χ0v) is 18.2. The maximum Gasteiger partial charge on any atom is 0.412 e. The van der Waals surface area contributed by atoms with E-state index in [1.807, 2.05) is 19.1 Å². The number of ether oxygens (including phenoxy) is 5. The lowest BCUT2D eigenvalue weighted by atomic mass is 10.0. The average Bonchev–Trinajstić information content (AvgIpc) is 2.66. The molecule has 0 saturated carbocycles. The quantitative estimate of drug-likeness (QED) is 0.408. The molecule has 29 heavy (non-hydrogen) atoms. The third kappa shape index (κ3) is 9.15. The molecular formula is C21H33NO7. The van der Waals surface area contributed by atoms with Gasteiger partial charge in [-0.3, -0.25) is 4.90 Å². The zero-order valence-electron chi connectivity index (χ0n) is 18.2. The molecule has 0 N–H and O–H groups in total. The van der Waals surface area contributed by atoms with Crippen molar-refractivity contribution in [2.45, 2.75) is 52.2 Å². The molecule has 1 aromatic rings. The molecule has 0 aliphatic heterocycles. The van der Waals surface area contributed by atoms with Crippen LogP contribution in [-0.2, 0) is 30.2 Å². The third-order valence-electron chi connectivity index (χ3n) is 3.69. The van der Waals surface area contributed by atoms with Gasteiger partial charge >= 0.3 is 12.1 Å². The first kappa shape index (κ1) is 24.7. The third-order valence-corrected chi connectivity index (χ3v) is 3.69. The molecule has 8 heteroatoms. The highest BCUT2D eigenvalue weighted by atomic mass is 16.7. The second kappa shape index (κ2) is 12.3. The molecule has 0 fully saturated rings. The molecule has 0 aliphatic carbocycles. The van der Waals surface area contributed by atoms with E-state index in [4.69, 9.17) is 23.7 Å². The Hall–Kier alpha value is -2.32. The fourth-order valence-electron chi connectivity index (χ4n) is 2.42. The van der Waals surface area contributed by atoms with Crippen molar-refractivity contribution in [3.05, 3.63) is 29.8 Å². The number of esters is 1. The highest BCUT2D eigenvalue weighted by molar-refractivity contribution is 5.82. The number of nitrogens with zero attached hydrogens (tertiary/aromatic N) is 1. The summed E-state index contributed by atoms with van der Waals surface area (Å²) >= 11 is 0. The van der Waals surface area contributed by atoms with Gasteiger partial charge in [-0.1, -0.05) is 19.1 Å². The summed E-state index contributed by atoms with van der Waals surface area (Å²) in [6, 6.07) is 6.31. The molecule has 0 radical (unpaired) electrons. The number of benzene rings is 1. The Morgan fingerprint density at radius 3 is 2.24 bits per heavy atom. The van der Waals surface area contributed by atoms with Crippen molar-refractivity contribution < 1.29 is 33.3 Å². The predicted molar refractivity (Wildman–Crippen MR) is 108 cm³/mol. The molecule has 0 spiro atoms. The van der Waals surface area contributed by atoms with Crippen LogP contribution in [0.1, 0.15) is 39.7 Å². The first-order chi connectivity index (χ1) is 13.7. The molecule has 1 aromatic carbocycles. The van der Waals surface area contributed by atoms with Gasteiger partial charge in [-0.2, -0.15) is 0 Å². The summed E-state index contributed by atoms with van der Waals surface area (Å²) in [4.78, 5) is 26.7. The standard InChI is InChI=1S/C21H33NO7/c1-7-12-27-19(23)18(22(14-25-5)20(24)29-21(2,3)4)13-16-8-10-17(11-9-16)28-15-26-6/h8-11,18H,7,12-15H2,1-6H3/t18-/m0/s1. The SMILES string of the molecule is CCCOC(=O)[C@H](Cc1ccc(OCOC)cc1)N(COC)C(=O)OC(C)(C)C. The summed E-state index contributed by atoms with van der Waals surface area (Å²) in [5.41, 5.74) is 0.124. The maximum atomic E-state index is 12.7. The van der Waals surface area contributed by atoms with Gasteiger partial charge < -0.3 is 23.7 Å². The topological polar surface area (TPSA) is 83.5 Å². The molecule has 164 valence electrons. The van der Waals surface area contributed by atoms with Crippen LogP contribution in [0.3, 0.4) is 0 Å². The smallest absolute Gasteiger partial charge is 0.412 e. The number of rotatable bonds is 11. The fourth-order valence-corrected chi connectivity index (χ4v) is 2.42. The molecule has 0 aliphatic rings. The van der Waals surface area contributed by atoms with Gasteiger partial charge in [0.05, 0.1) is 6.61 Å². The van der Waals surface area contributed by atoms with E-state index >= 15 is 0 Å². The summed E-state index contributed by atoms with van der Waals surface area (Å²) in [6.45, 7) is 7.51. The van der Waals surface area contributed by atoms with Crippen LogP contribution in [0.4, 0.5) is 4.79 Å². The summed E-state index contributed by atoms with van der Waals surface area (Å²) in [5.74, 6) is 0.135. The van der Waals surface area contributed by atoms with Crippen LogP contribution in [0, 0.1) is 0 Å². The first-order valence-corrected chi connectivity index (χ1v) is 9.57. The first-order valence-electron chi connectivity index (χ1n) is 9.57. The molecule has 1 amide bonds. The lowest BCUT2D eigenvalue weighted by Crippen LogP contribution is -2.49. The van der Waals surface area contributed by atoms with Crippen molar-refractivity contribution in [2.24, 2.45) is 0 Å². The molecule has 1 rings (SSSR count). The van der Waals surface area contributed by atoms with Crippen molar-refractivity contribution in [1.29, 1.82) is 0 Å². The van der Waals surface area contributed by atoms with Gasteiger partial charge in [0, 0.05) is 20.6 Å². The predicted octanol–water partition coefficient (Wildman–Crippen LogP) is 3.37. The van der Waals surface area contributed by atoms with Gasteiger partial charge in [0.2, 0.25) is 0 Å². The monoisotopic (exact) mass is 411 g/mol. The Bertz CT molecular complexity index is 625. The maximum absolute atomic E-state index is 12.7. The van der Waals surface area contributed by atoms with E-state index in [-0.39, 0.29) is 26.6 Å². The summed E-state index contributed by atoms with van der Waals surface area (Å²) in [7, 11) is 3.00. The molecule has 0 saturated heterocycles. The van der Waals surface area contributed by atoms with Crippen molar-refractivity contribution in [2.75, 3.05) is 34.4 Å². The molecule has 0 heterocycles. The van der Waals surface area contributed by atoms with E-state index in [1.165, 1.54) is 12.0 Å². The highest BCUT2D eigenvalue weighted by Crippen LogP contribution is 2.19. The summed E-state index contributed by atoms with van der Waals surface area (Å²) < 4.78 is 26.2. The van der Waals surface area contributed by atoms with Gasteiger partial charge in [0.1, 0.15) is 24.1 Å². The van der Waals surface area contributed by atoms with Gasteiger partial charge in [-0.05, 0) is 44.9 Å². The van der Waals surface area contributed by atoms with Crippen LogP contribution >= 0.6 is 0 Å². The van der Waals surface area contributed by atoms with E-state index in [0.29, 0.717) is 12.2 Å². The second-order valence-corrected chi connectivity index (χ2v) is 7.45. The van der Waals surface area contributed by atoms with Gasteiger partial charge in [0.25, 0.3) is 0 Å². The van der Waals surface area contributed by atoms with Crippen LogP contribution in [-0.4, -0.2) is 63.0 Å². The van der Waals surface area contributed by atoms with E-state index < -0.39 is 23.7 Å². The van der Waals surface area contributed by atoms with Crippen LogP contribution < -0.4 is 4.74 Å². The van der Waals surface area contributed by atoms with Crippen molar-refractivity contribution in [1.82, 2.24) is 4.90 Å². The largest absolute Gasteiger partial charge is 0.468 e. The Kier molecular flexibility index (Phi) is 10.5. The molecule has 1 atom stereocenters. The Balaban J connectivity index is 3.06. The molecule has 8 nitrogen and oxygen atoms in total. The van der Waals surface area contributed by atoms with E-state index in [2.05, 4.69) is 0 Å². The van der Waals surface area contributed by atoms with E-state index in [0.717, 1.165) is 5.56 Å². The van der Waals surface area contributed by atoms with E-state index in [1.54, 1.807) is 40.0 Å². The van der Waals surface area contributed by atoms with Crippen LogP contribution in [0.15, 0.2) is 24.3 Å². The van der Waals surface area contributed by atoms with Crippen molar-refractivity contribution >= 4 is 12.1 Å². The van der Waals surface area contributed by atoms with Crippen molar-refractivity contribution in [3.8, 4) is 5.75 Å². The number of hydrogen-bond donors (Lipinski definition) is 0. The number of hydrogen-bond acceptors (Lipinski definition) is 7. The molecule has 0 unspecified atom stereocenters. The Morgan fingerprint density at radius 2 is 1.72 bits per heavy atom.